The number of rotatable bonds is 3. The second kappa shape index (κ2) is 6.59. The van der Waals surface area contributed by atoms with E-state index in [4.69, 9.17) is 14.2 Å². The van der Waals surface area contributed by atoms with E-state index in [-0.39, 0.29) is 13.2 Å². The van der Waals surface area contributed by atoms with Crippen molar-refractivity contribution in [3.63, 3.8) is 0 Å². The van der Waals surface area contributed by atoms with Crippen LogP contribution < -0.4 is 14.4 Å². The van der Waals surface area contributed by atoms with E-state index in [1.807, 2.05) is 6.92 Å². The molecule has 1 aromatic carbocycles. The average Bonchev–Trinajstić information content (AvgIpc) is 2.60. The van der Waals surface area contributed by atoms with E-state index in [9.17, 15) is 13.2 Å². The minimum Gasteiger partial charge on any atom is -0.496 e. The number of methoxy groups -OCH3 is 2. The smallest absolute Gasteiger partial charge is 0.416 e. The molecule has 1 unspecified atom stereocenters. The average molecular weight is 356 g/mol. The molecule has 0 aliphatic carbocycles. The number of benzene rings is 1. The van der Waals surface area contributed by atoms with Crippen LogP contribution >= 0.6 is 0 Å². The number of nitrogens with zero attached hydrogens (tertiary/aromatic N) is 2. The number of ether oxygens (including phenoxy) is 3. The van der Waals surface area contributed by atoms with Crippen molar-refractivity contribution in [3.8, 4) is 11.5 Å². The van der Waals surface area contributed by atoms with E-state index in [1.165, 1.54) is 7.11 Å². The predicted molar refractivity (Wildman–Crippen MR) is 87.6 cm³/mol. The molecule has 25 heavy (non-hydrogen) atoms. The van der Waals surface area contributed by atoms with Crippen molar-refractivity contribution in [2.24, 2.45) is 0 Å². The van der Waals surface area contributed by atoms with E-state index < -0.39 is 12.3 Å². The fraction of sp³-hybridized carbons (Fsp3) is 0.471. The quantitative estimate of drug-likeness (QED) is 0.844. The molecule has 0 spiro atoms. The van der Waals surface area contributed by atoms with Gasteiger partial charge in [0.25, 0.3) is 0 Å². The first-order valence-electron chi connectivity index (χ1n) is 7.80. The van der Waals surface area contributed by atoms with E-state index in [0.717, 1.165) is 10.9 Å². The number of aromatic nitrogens is 1. The van der Waals surface area contributed by atoms with Crippen LogP contribution in [-0.2, 0) is 4.74 Å². The Morgan fingerprint density at radius 2 is 1.88 bits per heavy atom. The van der Waals surface area contributed by atoms with E-state index in [2.05, 4.69) is 4.98 Å². The molecule has 1 saturated heterocycles. The molecule has 1 atom stereocenters. The maximum absolute atomic E-state index is 13.0. The molecule has 0 N–H and O–H groups in total. The van der Waals surface area contributed by atoms with Crippen molar-refractivity contribution in [2.75, 3.05) is 38.8 Å². The zero-order chi connectivity index (χ0) is 18.2. The Morgan fingerprint density at radius 3 is 2.52 bits per heavy atom. The first kappa shape index (κ1) is 17.6. The first-order valence-corrected chi connectivity index (χ1v) is 7.80. The summed E-state index contributed by atoms with van der Waals surface area (Å²) in [6.45, 7) is 1.93. The summed E-state index contributed by atoms with van der Waals surface area (Å²) in [7, 11) is 3.09. The Morgan fingerprint density at radius 1 is 1.20 bits per heavy atom. The van der Waals surface area contributed by atoms with E-state index in [1.54, 1.807) is 30.2 Å². The second-order valence-electron chi connectivity index (χ2n) is 5.84. The summed E-state index contributed by atoms with van der Waals surface area (Å²) >= 11 is 0. The number of hydrogen-bond donors (Lipinski definition) is 0. The van der Waals surface area contributed by atoms with Gasteiger partial charge in [0.15, 0.2) is 6.10 Å². The number of fused-ring (bicyclic) bond motifs is 1. The Bertz CT molecular complexity index is 780. The third-order valence-corrected chi connectivity index (χ3v) is 4.26. The third kappa shape index (κ3) is 3.30. The summed E-state index contributed by atoms with van der Waals surface area (Å²) < 4.78 is 54.5. The largest absolute Gasteiger partial charge is 0.496 e. The molecule has 1 aromatic heterocycles. The summed E-state index contributed by atoms with van der Waals surface area (Å²) in [4.78, 5) is 6.14. The lowest BCUT2D eigenvalue weighted by Gasteiger charge is -2.34. The van der Waals surface area contributed by atoms with Crippen molar-refractivity contribution in [2.45, 2.75) is 19.2 Å². The third-order valence-electron chi connectivity index (χ3n) is 4.26. The highest BCUT2D eigenvalue weighted by atomic mass is 19.4. The van der Waals surface area contributed by atoms with Gasteiger partial charge in [0.05, 0.1) is 27.4 Å². The van der Waals surface area contributed by atoms with Gasteiger partial charge in [0.2, 0.25) is 0 Å². The lowest BCUT2D eigenvalue weighted by molar-refractivity contribution is -0.221. The number of morpholine rings is 1. The molecule has 5 nitrogen and oxygen atoms in total. The van der Waals surface area contributed by atoms with E-state index >= 15 is 0 Å². The van der Waals surface area contributed by atoms with Gasteiger partial charge in [0, 0.05) is 11.9 Å². The van der Waals surface area contributed by atoms with Crippen LogP contribution in [0.5, 0.6) is 11.5 Å². The van der Waals surface area contributed by atoms with Crippen molar-refractivity contribution >= 4 is 16.7 Å². The van der Waals surface area contributed by atoms with Crippen molar-refractivity contribution in [3.05, 3.63) is 23.8 Å². The van der Waals surface area contributed by atoms with E-state index in [0.29, 0.717) is 29.4 Å². The molecule has 3 rings (SSSR count). The zero-order valence-corrected chi connectivity index (χ0v) is 14.2. The van der Waals surface area contributed by atoms with Gasteiger partial charge in [-0.05, 0) is 30.7 Å². The first-order chi connectivity index (χ1) is 11.8. The molecular weight excluding hydrogens is 337 g/mol. The topological polar surface area (TPSA) is 43.8 Å². The highest BCUT2D eigenvalue weighted by molar-refractivity contribution is 5.94. The number of pyridine rings is 1. The number of hydrogen-bond acceptors (Lipinski definition) is 5. The number of halogens is 3. The molecule has 0 bridgehead atoms. The van der Waals surface area contributed by atoms with Gasteiger partial charge in [-0.1, -0.05) is 0 Å². The van der Waals surface area contributed by atoms with Crippen LogP contribution in [0.1, 0.15) is 5.56 Å². The molecule has 0 saturated carbocycles. The van der Waals surface area contributed by atoms with Crippen molar-refractivity contribution < 1.29 is 27.4 Å². The zero-order valence-electron chi connectivity index (χ0n) is 14.2. The van der Waals surface area contributed by atoms with Crippen LogP contribution in [0, 0.1) is 6.92 Å². The Kier molecular flexibility index (Phi) is 4.64. The Balaban J connectivity index is 2.06. The number of aryl methyl sites for hydroxylation is 1. The van der Waals surface area contributed by atoms with Crippen LogP contribution in [0.25, 0.3) is 10.9 Å². The molecule has 8 heteroatoms. The molecule has 0 radical (unpaired) electrons. The maximum atomic E-state index is 13.0. The van der Waals surface area contributed by atoms with Gasteiger partial charge in [-0.3, -0.25) is 0 Å². The van der Waals surface area contributed by atoms with Crippen LogP contribution in [0.4, 0.5) is 19.0 Å². The predicted octanol–water partition coefficient (Wildman–Crippen LogP) is 3.33. The molecule has 2 aromatic rings. The van der Waals surface area contributed by atoms with Gasteiger partial charge in [-0.2, -0.15) is 13.2 Å². The van der Waals surface area contributed by atoms with Crippen molar-refractivity contribution in [1.29, 1.82) is 0 Å². The molecule has 1 fully saturated rings. The molecule has 0 amide bonds. The Hall–Kier alpha value is -2.22. The maximum Gasteiger partial charge on any atom is 0.416 e. The molecule has 1 aliphatic rings. The summed E-state index contributed by atoms with van der Waals surface area (Å²) in [5.74, 6) is 1.65. The lowest BCUT2D eigenvalue weighted by atomic mass is 10.1. The molecular formula is C17H19F3N2O3. The minimum absolute atomic E-state index is 0.00180. The number of anilines is 1. The van der Waals surface area contributed by atoms with Gasteiger partial charge >= 0.3 is 6.18 Å². The van der Waals surface area contributed by atoms with Gasteiger partial charge in [-0.15, -0.1) is 0 Å². The summed E-state index contributed by atoms with van der Waals surface area (Å²) in [5.41, 5.74) is 1.41. The van der Waals surface area contributed by atoms with Gasteiger partial charge < -0.3 is 19.1 Å². The highest BCUT2D eigenvalue weighted by Gasteiger charge is 2.43. The van der Waals surface area contributed by atoms with Gasteiger partial charge in [0.1, 0.15) is 22.8 Å². The fourth-order valence-corrected chi connectivity index (χ4v) is 3.01. The second-order valence-corrected chi connectivity index (χ2v) is 5.84. The van der Waals surface area contributed by atoms with Gasteiger partial charge in [-0.25, -0.2) is 4.98 Å². The van der Waals surface area contributed by atoms with Crippen LogP contribution in [0.2, 0.25) is 0 Å². The summed E-state index contributed by atoms with van der Waals surface area (Å²) in [6.07, 6.45) is -6.21. The molecule has 136 valence electrons. The van der Waals surface area contributed by atoms with Crippen LogP contribution in [0.3, 0.4) is 0 Å². The summed E-state index contributed by atoms with van der Waals surface area (Å²) in [6, 6.07) is 5.28. The van der Waals surface area contributed by atoms with Crippen LogP contribution in [-0.4, -0.2) is 51.2 Å². The minimum atomic E-state index is -4.40. The standard InChI is InChI=1S/C17H19F3N2O3/c1-10-8-14(22-6-7-25-13(9-22)17(18,19)20)21-16-12(24-3)5-4-11(23-2)15(10)16/h4-5,8,13H,6-7,9H2,1-3H3. The highest BCUT2D eigenvalue weighted by Crippen LogP contribution is 2.36. The Labute approximate surface area is 143 Å². The summed E-state index contributed by atoms with van der Waals surface area (Å²) in [5, 5.41) is 0.784. The number of alkyl halides is 3. The lowest BCUT2D eigenvalue weighted by Crippen LogP contribution is -2.49. The fourth-order valence-electron chi connectivity index (χ4n) is 3.01. The molecule has 2 heterocycles. The van der Waals surface area contributed by atoms with Crippen LogP contribution in [0.15, 0.2) is 18.2 Å². The molecule has 1 aliphatic heterocycles. The monoisotopic (exact) mass is 356 g/mol. The van der Waals surface area contributed by atoms with Crippen molar-refractivity contribution in [1.82, 2.24) is 4.98 Å². The SMILES string of the molecule is COc1ccc(OC)c2c(C)cc(N3CCOC(C(F)(F)F)C3)nc12. The normalized spacial score (nSPS) is 18.5.